The van der Waals surface area contributed by atoms with Gasteiger partial charge in [0.25, 0.3) is 5.91 Å². The van der Waals surface area contributed by atoms with E-state index >= 15 is 0 Å². The maximum absolute atomic E-state index is 12.9. The number of methoxy groups -OCH3 is 1. The van der Waals surface area contributed by atoms with Gasteiger partial charge in [-0.3, -0.25) is 4.79 Å². The van der Waals surface area contributed by atoms with Gasteiger partial charge in [0, 0.05) is 24.2 Å². The third-order valence-corrected chi connectivity index (χ3v) is 4.69. The number of nitrogens with zero attached hydrogens (tertiary/aromatic N) is 1. The van der Waals surface area contributed by atoms with Crippen molar-refractivity contribution in [1.82, 2.24) is 4.90 Å². The van der Waals surface area contributed by atoms with Crippen molar-refractivity contribution < 1.29 is 19.0 Å². The van der Waals surface area contributed by atoms with Gasteiger partial charge in [0.05, 0.1) is 17.2 Å². The van der Waals surface area contributed by atoms with Crippen LogP contribution < -0.4 is 14.2 Å². The second-order valence-corrected chi connectivity index (χ2v) is 6.55. The number of amides is 1. The molecule has 1 aliphatic heterocycles. The van der Waals surface area contributed by atoms with Gasteiger partial charge < -0.3 is 19.1 Å². The first-order valence-electron chi connectivity index (χ1n) is 8.25. The Morgan fingerprint density at radius 1 is 1.19 bits per heavy atom. The first-order valence-corrected chi connectivity index (χ1v) is 9.00. The predicted molar refractivity (Wildman–Crippen MR) is 101 cm³/mol. The van der Waals surface area contributed by atoms with Gasteiger partial charge in [-0.15, -0.1) is 0 Å². The fraction of sp³-hybridized carbons (Fsp3) is 0.316. The third kappa shape index (κ3) is 3.69. The van der Waals surface area contributed by atoms with Crippen molar-refractivity contribution in [3.05, 3.63) is 51.5 Å². The SMILES string of the molecule is CCN(Cc1cccc2c1OCCO2)C(=O)c1cc(Cl)c(OC)c(Cl)c1. The van der Waals surface area contributed by atoms with Crippen molar-refractivity contribution >= 4 is 29.1 Å². The Morgan fingerprint density at radius 2 is 1.88 bits per heavy atom. The van der Waals surface area contributed by atoms with Gasteiger partial charge in [-0.2, -0.15) is 0 Å². The number of ether oxygens (including phenoxy) is 3. The van der Waals surface area contributed by atoms with E-state index < -0.39 is 0 Å². The zero-order chi connectivity index (χ0) is 18.7. The van der Waals surface area contributed by atoms with E-state index in [1.54, 1.807) is 17.0 Å². The molecular weight excluding hydrogens is 377 g/mol. The molecule has 1 amide bonds. The topological polar surface area (TPSA) is 48.0 Å². The molecule has 0 saturated heterocycles. The summed E-state index contributed by atoms with van der Waals surface area (Å²) in [7, 11) is 1.48. The molecule has 26 heavy (non-hydrogen) atoms. The quantitative estimate of drug-likeness (QED) is 0.750. The van der Waals surface area contributed by atoms with Crippen LogP contribution in [0.3, 0.4) is 0 Å². The Morgan fingerprint density at radius 3 is 2.54 bits per heavy atom. The third-order valence-electron chi connectivity index (χ3n) is 4.13. The Kier molecular flexibility index (Phi) is 5.79. The molecule has 2 aromatic rings. The van der Waals surface area contributed by atoms with E-state index in [0.29, 0.717) is 59.2 Å². The van der Waals surface area contributed by atoms with Crippen molar-refractivity contribution in [2.24, 2.45) is 0 Å². The second kappa shape index (κ2) is 8.06. The average Bonchev–Trinajstić information content (AvgIpc) is 2.65. The van der Waals surface area contributed by atoms with Gasteiger partial charge in [0.1, 0.15) is 13.2 Å². The number of fused-ring (bicyclic) bond motifs is 1. The van der Waals surface area contributed by atoms with Crippen molar-refractivity contribution in [3.63, 3.8) is 0 Å². The molecule has 5 nitrogen and oxygen atoms in total. The van der Waals surface area contributed by atoms with Crippen molar-refractivity contribution in [2.75, 3.05) is 26.9 Å². The summed E-state index contributed by atoms with van der Waals surface area (Å²) in [6.07, 6.45) is 0. The lowest BCUT2D eigenvalue weighted by atomic mass is 10.1. The van der Waals surface area contributed by atoms with E-state index in [-0.39, 0.29) is 5.91 Å². The minimum absolute atomic E-state index is 0.173. The molecule has 138 valence electrons. The van der Waals surface area contributed by atoms with Crippen molar-refractivity contribution in [3.8, 4) is 17.2 Å². The Balaban J connectivity index is 1.87. The van der Waals surface area contributed by atoms with E-state index in [2.05, 4.69) is 0 Å². The summed E-state index contributed by atoms with van der Waals surface area (Å²) < 4.78 is 16.5. The molecule has 0 N–H and O–H groups in total. The molecule has 0 aromatic heterocycles. The van der Waals surface area contributed by atoms with Crippen LogP contribution in [0.4, 0.5) is 0 Å². The van der Waals surface area contributed by atoms with Gasteiger partial charge in [-0.05, 0) is 25.1 Å². The maximum atomic E-state index is 12.9. The van der Waals surface area contributed by atoms with E-state index in [0.717, 1.165) is 5.56 Å². The summed E-state index contributed by atoms with van der Waals surface area (Å²) in [6.45, 7) is 3.84. The minimum Gasteiger partial charge on any atom is -0.494 e. The minimum atomic E-state index is -0.173. The van der Waals surface area contributed by atoms with Crippen molar-refractivity contribution in [2.45, 2.75) is 13.5 Å². The molecule has 3 rings (SSSR count). The van der Waals surface area contributed by atoms with Crippen LogP contribution in [0.2, 0.25) is 10.0 Å². The number of carbonyl (C=O) groups excluding carboxylic acids is 1. The summed E-state index contributed by atoms with van der Waals surface area (Å²) in [5.41, 5.74) is 1.30. The molecule has 0 bridgehead atoms. The number of halogens is 2. The Labute approximate surface area is 162 Å². The van der Waals surface area contributed by atoms with Gasteiger partial charge >= 0.3 is 0 Å². The maximum Gasteiger partial charge on any atom is 0.254 e. The molecular formula is C19H19Cl2NO4. The van der Waals surface area contributed by atoms with Crippen molar-refractivity contribution in [1.29, 1.82) is 0 Å². The molecule has 2 aromatic carbocycles. The number of benzene rings is 2. The fourth-order valence-corrected chi connectivity index (χ4v) is 3.49. The smallest absolute Gasteiger partial charge is 0.254 e. The van der Waals surface area contributed by atoms with Gasteiger partial charge in [-0.25, -0.2) is 0 Å². The molecule has 7 heteroatoms. The van der Waals surface area contributed by atoms with E-state index in [1.807, 2.05) is 25.1 Å². The first kappa shape index (κ1) is 18.7. The molecule has 0 atom stereocenters. The van der Waals surface area contributed by atoms with Crippen LogP contribution in [0.1, 0.15) is 22.8 Å². The Bertz CT molecular complexity index is 802. The van der Waals surface area contributed by atoms with E-state index in [1.165, 1.54) is 7.11 Å². The highest BCUT2D eigenvalue weighted by atomic mass is 35.5. The van der Waals surface area contributed by atoms with Crippen LogP contribution in [-0.4, -0.2) is 37.7 Å². The highest BCUT2D eigenvalue weighted by molar-refractivity contribution is 6.37. The van der Waals surface area contributed by atoms with E-state index in [4.69, 9.17) is 37.4 Å². The largest absolute Gasteiger partial charge is 0.494 e. The number of carbonyl (C=O) groups is 1. The lowest BCUT2D eigenvalue weighted by molar-refractivity contribution is 0.0749. The molecule has 1 aliphatic rings. The van der Waals surface area contributed by atoms with Gasteiger partial charge in [-0.1, -0.05) is 35.3 Å². The standard InChI is InChI=1S/C19H19Cl2NO4/c1-3-22(11-12-5-4-6-16-17(12)26-8-7-25-16)19(23)13-9-14(20)18(24-2)15(21)10-13/h4-6,9-10H,3,7-8,11H2,1-2H3. The average molecular weight is 396 g/mol. The summed E-state index contributed by atoms with van der Waals surface area (Å²) in [6, 6.07) is 8.81. The summed E-state index contributed by atoms with van der Waals surface area (Å²) in [4.78, 5) is 14.6. The van der Waals surface area contributed by atoms with Crippen LogP contribution in [0.25, 0.3) is 0 Å². The zero-order valence-corrected chi connectivity index (χ0v) is 16.1. The van der Waals surface area contributed by atoms with E-state index in [9.17, 15) is 4.79 Å². The van der Waals surface area contributed by atoms with Crippen LogP contribution >= 0.6 is 23.2 Å². The lowest BCUT2D eigenvalue weighted by Crippen LogP contribution is -2.31. The second-order valence-electron chi connectivity index (χ2n) is 5.73. The summed E-state index contributed by atoms with van der Waals surface area (Å²) >= 11 is 12.3. The fourth-order valence-electron chi connectivity index (χ4n) is 2.85. The molecule has 0 fully saturated rings. The number of hydrogen-bond donors (Lipinski definition) is 0. The number of para-hydroxylation sites is 1. The normalized spacial score (nSPS) is 12.6. The molecule has 0 aliphatic carbocycles. The van der Waals surface area contributed by atoms with Gasteiger partial charge in [0.15, 0.2) is 17.2 Å². The van der Waals surface area contributed by atoms with Crippen LogP contribution in [0, 0.1) is 0 Å². The molecule has 0 saturated carbocycles. The zero-order valence-electron chi connectivity index (χ0n) is 14.6. The lowest BCUT2D eigenvalue weighted by Gasteiger charge is -2.25. The van der Waals surface area contributed by atoms with Crippen LogP contribution in [-0.2, 0) is 6.54 Å². The van der Waals surface area contributed by atoms with Crippen LogP contribution in [0.5, 0.6) is 17.2 Å². The molecule has 0 spiro atoms. The molecule has 0 unspecified atom stereocenters. The monoisotopic (exact) mass is 395 g/mol. The summed E-state index contributed by atoms with van der Waals surface area (Å²) in [5.74, 6) is 1.58. The number of hydrogen-bond acceptors (Lipinski definition) is 4. The predicted octanol–water partition coefficient (Wildman–Crippen LogP) is 4.44. The van der Waals surface area contributed by atoms with Gasteiger partial charge in [0.2, 0.25) is 0 Å². The number of rotatable bonds is 5. The highest BCUT2D eigenvalue weighted by Gasteiger charge is 2.22. The Hall–Kier alpha value is -2.11. The molecule has 1 heterocycles. The molecule has 0 radical (unpaired) electrons. The summed E-state index contributed by atoms with van der Waals surface area (Å²) in [5, 5.41) is 0.599. The first-order chi connectivity index (χ1) is 12.5. The highest BCUT2D eigenvalue weighted by Crippen LogP contribution is 2.36. The van der Waals surface area contributed by atoms with Crippen LogP contribution in [0.15, 0.2) is 30.3 Å².